The van der Waals surface area contributed by atoms with Crippen molar-refractivity contribution in [2.75, 3.05) is 17.8 Å². The van der Waals surface area contributed by atoms with Gasteiger partial charge in [-0.3, -0.25) is 15.1 Å². The minimum absolute atomic E-state index is 0.0141. The molecule has 200 valence electrons. The number of alkyl halides is 3. The maximum atomic E-state index is 12.4. The van der Waals surface area contributed by atoms with Crippen LogP contribution in [-0.2, 0) is 4.79 Å². The smallest absolute Gasteiger partial charge is 0.497 e. The van der Waals surface area contributed by atoms with Gasteiger partial charge in [0, 0.05) is 11.3 Å². The lowest BCUT2D eigenvalue weighted by molar-refractivity contribution is -0.274. The molecule has 0 saturated carbocycles. The van der Waals surface area contributed by atoms with Crippen molar-refractivity contribution in [1.29, 1.82) is 0 Å². The quantitative estimate of drug-likeness (QED) is 0.246. The van der Waals surface area contributed by atoms with E-state index in [1.54, 1.807) is 30.4 Å². The molecule has 1 saturated heterocycles. The number of hydrogen-bond donors (Lipinski definition) is 1. The second-order valence-corrected chi connectivity index (χ2v) is 9.26. The predicted octanol–water partition coefficient (Wildman–Crippen LogP) is 4.83. The summed E-state index contributed by atoms with van der Waals surface area (Å²) in [4.78, 5) is 18.4. The van der Waals surface area contributed by atoms with Crippen LogP contribution in [0.3, 0.4) is 0 Å². The predicted molar refractivity (Wildman–Crippen MR) is 141 cm³/mol. The van der Waals surface area contributed by atoms with E-state index >= 15 is 0 Å². The number of hydrazone groups is 1. The van der Waals surface area contributed by atoms with Gasteiger partial charge >= 0.3 is 6.36 Å². The van der Waals surface area contributed by atoms with Crippen molar-refractivity contribution < 1.29 is 27.4 Å². The number of benzene rings is 3. The Kier molecular flexibility index (Phi) is 7.41. The van der Waals surface area contributed by atoms with Crippen LogP contribution in [0.1, 0.15) is 5.56 Å². The summed E-state index contributed by atoms with van der Waals surface area (Å²) < 4.78 is 47.6. The number of nitrogens with zero attached hydrogens (tertiary/aromatic N) is 5. The van der Waals surface area contributed by atoms with E-state index in [0.717, 1.165) is 16.8 Å². The molecule has 0 radical (unpaired) electrons. The molecular weight excluding hydrogens is 533 g/mol. The van der Waals surface area contributed by atoms with Crippen LogP contribution in [0.4, 0.5) is 18.9 Å². The third-order valence-electron chi connectivity index (χ3n) is 5.61. The van der Waals surface area contributed by atoms with Crippen molar-refractivity contribution in [2.24, 2.45) is 5.10 Å². The van der Waals surface area contributed by atoms with Gasteiger partial charge in [-0.25, -0.2) is 9.67 Å². The third-order valence-corrected chi connectivity index (χ3v) is 6.66. The van der Waals surface area contributed by atoms with Crippen LogP contribution in [-0.4, -0.2) is 51.6 Å². The number of carbonyl (C=O) groups excluding carboxylic acids is 1. The molecule has 39 heavy (non-hydrogen) atoms. The van der Waals surface area contributed by atoms with E-state index in [2.05, 4.69) is 25.3 Å². The zero-order valence-electron chi connectivity index (χ0n) is 20.4. The van der Waals surface area contributed by atoms with E-state index in [9.17, 15) is 18.0 Å². The fourth-order valence-corrected chi connectivity index (χ4v) is 4.72. The SMILES string of the molecule is COc1ccc(N2C(=O)CSC2N/N=C/c2ccc(-c3ncn(-c4ccc(OC(F)(F)F)cc4)n3)cc2)cc1. The van der Waals surface area contributed by atoms with E-state index in [1.807, 2.05) is 36.4 Å². The van der Waals surface area contributed by atoms with Crippen LogP contribution >= 0.6 is 11.8 Å². The van der Waals surface area contributed by atoms with Gasteiger partial charge in [-0.2, -0.15) is 5.10 Å². The number of thioether (sulfide) groups is 1. The van der Waals surface area contributed by atoms with Crippen molar-refractivity contribution in [2.45, 2.75) is 11.9 Å². The molecule has 1 N–H and O–H groups in total. The summed E-state index contributed by atoms with van der Waals surface area (Å²) in [5.74, 6) is 1.17. The molecule has 3 aromatic carbocycles. The highest BCUT2D eigenvalue weighted by molar-refractivity contribution is 8.01. The lowest BCUT2D eigenvalue weighted by Gasteiger charge is -2.23. The van der Waals surface area contributed by atoms with E-state index in [-0.39, 0.29) is 17.2 Å². The van der Waals surface area contributed by atoms with Crippen LogP contribution < -0.4 is 19.8 Å². The molecular formula is C26H21F3N6O3S. The largest absolute Gasteiger partial charge is 0.573 e. The van der Waals surface area contributed by atoms with Gasteiger partial charge in [-0.15, -0.1) is 30.0 Å². The Morgan fingerprint density at radius 1 is 1.00 bits per heavy atom. The zero-order valence-corrected chi connectivity index (χ0v) is 21.2. The lowest BCUT2D eigenvalue weighted by atomic mass is 10.1. The van der Waals surface area contributed by atoms with E-state index in [4.69, 9.17) is 4.74 Å². The van der Waals surface area contributed by atoms with Gasteiger partial charge in [-0.05, 0) is 54.1 Å². The van der Waals surface area contributed by atoms with E-state index in [1.165, 1.54) is 47.0 Å². The molecule has 1 aliphatic heterocycles. The maximum absolute atomic E-state index is 12.4. The molecule has 2 heterocycles. The number of methoxy groups -OCH3 is 1. The molecule has 1 atom stereocenters. The molecule has 0 spiro atoms. The minimum atomic E-state index is -4.75. The van der Waals surface area contributed by atoms with Gasteiger partial charge in [0.05, 0.1) is 24.8 Å². The molecule has 1 aromatic heterocycles. The summed E-state index contributed by atoms with van der Waals surface area (Å²) in [7, 11) is 1.59. The first kappa shape index (κ1) is 26.1. The Morgan fingerprint density at radius 2 is 1.67 bits per heavy atom. The second kappa shape index (κ2) is 11.1. The Balaban J connectivity index is 1.21. The van der Waals surface area contributed by atoms with Crippen LogP contribution in [0.5, 0.6) is 11.5 Å². The highest BCUT2D eigenvalue weighted by Crippen LogP contribution is 2.30. The second-order valence-electron chi connectivity index (χ2n) is 8.19. The van der Waals surface area contributed by atoms with Crippen molar-refractivity contribution in [3.05, 3.63) is 84.7 Å². The topological polar surface area (TPSA) is 93.9 Å². The minimum Gasteiger partial charge on any atom is -0.497 e. The Morgan fingerprint density at radius 3 is 2.33 bits per heavy atom. The summed E-state index contributed by atoms with van der Waals surface area (Å²) in [5, 5.41) is 8.72. The van der Waals surface area contributed by atoms with Crippen LogP contribution in [0.2, 0.25) is 0 Å². The number of anilines is 1. The van der Waals surface area contributed by atoms with Crippen molar-refractivity contribution in [1.82, 2.24) is 20.2 Å². The fourth-order valence-electron chi connectivity index (χ4n) is 3.76. The molecule has 9 nitrogen and oxygen atoms in total. The average molecular weight is 555 g/mol. The molecule has 1 unspecified atom stereocenters. The van der Waals surface area contributed by atoms with Gasteiger partial charge in [0.2, 0.25) is 5.91 Å². The fraction of sp³-hybridized carbons (Fsp3) is 0.154. The molecule has 4 aromatic rings. The van der Waals surface area contributed by atoms with Gasteiger partial charge < -0.3 is 9.47 Å². The van der Waals surface area contributed by atoms with E-state index in [0.29, 0.717) is 23.0 Å². The molecule has 1 aliphatic rings. The number of amides is 1. The Bertz CT molecular complexity index is 1460. The monoisotopic (exact) mass is 554 g/mol. The molecule has 5 rings (SSSR count). The number of rotatable bonds is 8. The molecule has 0 bridgehead atoms. The standard InChI is InChI=1S/C26H21F3N6O3S/c1-37-21-10-8-20(9-11-21)35-23(36)15-39-25(35)32-31-14-17-2-4-18(5-3-17)24-30-16-34(33-24)19-6-12-22(13-7-19)38-26(27,28)29/h2-14,16,25,32H,15H2,1H3/b31-14+. The average Bonchev–Trinajstić information content (AvgIpc) is 3.56. The van der Waals surface area contributed by atoms with E-state index < -0.39 is 6.36 Å². The Labute approximate surface area is 225 Å². The van der Waals surface area contributed by atoms with Crippen molar-refractivity contribution in [3.8, 4) is 28.6 Å². The number of carbonyl (C=O) groups is 1. The van der Waals surface area contributed by atoms with Crippen molar-refractivity contribution >= 4 is 29.6 Å². The number of aromatic nitrogens is 3. The molecule has 1 fully saturated rings. The number of nitrogens with one attached hydrogen (secondary N) is 1. The summed E-state index contributed by atoms with van der Waals surface area (Å²) in [6.07, 6.45) is -1.62. The zero-order chi connectivity index (χ0) is 27.4. The lowest BCUT2D eigenvalue weighted by Crippen LogP contribution is -2.40. The van der Waals surface area contributed by atoms with Crippen LogP contribution in [0, 0.1) is 0 Å². The van der Waals surface area contributed by atoms with Gasteiger partial charge in [0.15, 0.2) is 11.3 Å². The highest BCUT2D eigenvalue weighted by atomic mass is 32.2. The summed E-state index contributed by atoms with van der Waals surface area (Å²) in [6, 6.07) is 19.9. The number of halogens is 3. The molecule has 0 aliphatic carbocycles. The van der Waals surface area contributed by atoms with Crippen LogP contribution in [0.15, 0.2) is 84.2 Å². The normalized spacial score (nSPS) is 15.6. The third kappa shape index (κ3) is 6.32. The van der Waals surface area contributed by atoms with Gasteiger partial charge in [0.1, 0.15) is 17.8 Å². The number of hydrogen-bond acceptors (Lipinski definition) is 8. The highest BCUT2D eigenvalue weighted by Gasteiger charge is 2.33. The summed E-state index contributed by atoms with van der Waals surface area (Å²) in [6.45, 7) is 0. The molecule has 13 heteroatoms. The number of ether oxygens (including phenoxy) is 2. The summed E-state index contributed by atoms with van der Waals surface area (Å²) in [5.41, 5.74) is 5.53. The first-order valence-electron chi connectivity index (χ1n) is 11.5. The van der Waals surface area contributed by atoms with Crippen LogP contribution in [0.25, 0.3) is 17.1 Å². The molecule has 1 amide bonds. The maximum Gasteiger partial charge on any atom is 0.573 e. The Hall–Kier alpha value is -4.52. The van der Waals surface area contributed by atoms with Crippen molar-refractivity contribution in [3.63, 3.8) is 0 Å². The first-order valence-corrected chi connectivity index (χ1v) is 12.6. The van der Waals surface area contributed by atoms with Gasteiger partial charge in [-0.1, -0.05) is 24.3 Å². The first-order chi connectivity index (χ1) is 18.8. The summed E-state index contributed by atoms with van der Waals surface area (Å²) >= 11 is 1.45. The van der Waals surface area contributed by atoms with Gasteiger partial charge in [0.25, 0.3) is 0 Å².